The summed E-state index contributed by atoms with van der Waals surface area (Å²) in [5.74, 6) is -0.478. The fraction of sp³-hybridized carbons (Fsp3) is 0.417. The van der Waals surface area contributed by atoms with Crippen LogP contribution < -0.4 is 5.73 Å². The van der Waals surface area contributed by atoms with Gasteiger partial charge in [0.2, 0.25) is 10.0 Å². The molecule has 0 saturated carbocycles. The summed E-state index contributed by atoms with van der Waals surface area (Å²) < 4.78 is 30.1. The van der Waals surface area contributed by atoms with Gasteiger partial charge in [-0.3, -0.25) is 4.79 Å². The highest BCUT2D eigenvalue weighted by molar-refractivity contribution is 7.89. The number of hydrogen-bond acceptors (Lipinski definition) is 5. The summed E-state index contributed by atoms with van der Waals surface area (Å²) in [6.07, 6.45) is -0.0265. The van der Waals surface area contributed by atoms with Crippen molar-refractivity contribution in [2.24, 2.45) is 0 Å². The molecule has 20 heavy (non-hydrogen) atoms. The minimum absolute atomic E-state index is 0.00188. The predicted molar refractivity (Wildman–Crippen MR) is 77.1 cm³/mol. The minimum Gasteiger partial charge on any atom is -0.469 e. The number of nitrogens with two attached hydrogens (primary N) is 1. The molecule has 0 aliphatic heterocycles. The lowest BCUT2D eigenvalue weighted by molar-refractivity contribution is -0.140. The Hall–Kier alpha value is -1.31. The Labute approximate surface area is 123 Å². The van der Waals surface area contributed by atoms with E-state index in [1.807, 2.05) is 0 Å². The van der Waals surface area contributed by atoms with Crippen LogP contribution in [0.5, 0.6) is 0 Å². The zero-order valence-electron chi connectivity index (χ0n) is 11.5. The van der Waals surface area contributed by atoms with Crippen LogP contribution in [-0.2, 0) is 19.6 Å². The number of anilines is 1. The number of hydrogen-bond donors (Lipinski definition) is 1. The van der Waals surface area contributed by atoms with E-state index in [4.69, 9.17) is 17.3 Å². The highest BCUT2D eigenvalue weighted by atomic mass is 35.5. The molecule has 112 valence electrons. The highest BCUT2D eigenvalue weighted by Gasteiger charge is 2.23. The first-order valence-corrected chi connectivity index (χ1v) is 7.60. The third-order valence-electron chi connectivity index (χ3n) is 2.92. The molecule has 0 atom stereocenters. The van der Waals surface area contributed by atoms with Gasteiger partial charge in [-0.15, -0.1) is 0 Å². The van der Waals surface area contributed by atoms with E-state index in [2.05, 4.69) is 4.74 Å². The van der Waals surface area contributed by atoms with E-state index in [0.29, 0.717) is 11.3 Å². The second-order valence-electron chi connectivity index (χ2n) is 4.27. The third kappa shape index (κ3) is 3.62. The van der Waals surface area contributed by atoms with Crippen LogP contribution in [0.2, 0.25) is 5.02 Å². The van der Waals surface area contributed by atoms with Crippen LogP contribution in [-0.4, -0.2) is 39.4 Å². The van der Waals surface area contributed by atoms with Crippen molar-refractivity contribution in [3.8, 4) is 0 Å². The van der Waals surface area contributed by atoms with Crippen molar-refractivity contribution in [3.05, 3.63) is 22.7 Å². The van der Waals surface area contributed by atoms with Crippen molar-refractivity contribution < 1.29 is 17.9 Å². The fourth-order valence-corrected chi connectivity index (χ4v) is 3.00. The zero-order valence-corrected chi connectivity index (χ0v) is 13.1. The first-order chi connectivity index (χ1) is 9.20. The van der Waals surface area contributed by atoms with Crippen LogP contribution in [0.4, 0.5) is 5.69 Å². The summed E-state index contributed by atoms with van der Waals surface area (Å²) in [6.45, 7) is 1.72. The van der Waals surface area contributed by atoms with Crippen molar-refractivity contribution in [1.82, 2.24) is 4.31 Å². The molecule has 0 fully saturated rings. The second kappa shape index (κ2) is 6.43. The maximum atomic E-state index is 12.3. The molecule has 1 aromatic carbocycles. The van der Waals surface area contributed by atoms with E-state index in [1.54, 1.807) is 6.92 Å². The van der Waals surface area contributed by atoms with Crippen LogP contribution in [0, 0.1) is 6.92 Å². The Morgan fingerprint density at radius 2 is 2.05 bits per heavy atom. The maximum absolute atomic E-state index is 12.3. The van der Waals surface area contributed by atoms with Gasteiger partial charge in [-0.2, -0.15) is 0 Å². The van der Waals surface area contributed by atoms with Gasteiger partial charge in [0.15, 0.2) is 0 Å². The van der Waals surface area contributed by atoms with Gasteiger partial charge >= 0.3 is 5.97 Å². The van der Waals surface area contributed by atoms with E-state index in [0.717, 1.165) is 4.31 Å². The number of rotatable bonds is 5. The van der Waals surface area contributed by atoms with Crippen molar-refractivity contribution in [3.63, 3.8) is 0 Å². The molecular formula is C12H17ClN2O4S. The summed E-state index contributed by atoms with van der Waals surface area (Å²) >= 11 is 5.94. The molecule has 0 aromatic heterocycles. The molecule has 0 bridgehead atoms. The van der Waals surface area contributed by atoms with E-state index < -0.39 is 16.0 Å². The predicted octanol–water partition coefficient (Wildman–Crippen LogP) is 1.41. The van der Waals surface area contributed by atoms with Crippen molar-refractivity contribution in [2.45, 2.75) is 18.2 Å². The van der Waals surface area contributed by atoms with Gasteiger partial charge in [-0.05, 0) is 24.6 Å². The molecule has 8 heteroatoms. The maximum Gasteiger partial charge on any atom is 0.306 e. The monoisotopic (exact) mass is 320 g/mol. The Balaban J connectivity index is 3.01. The third-order valence-corrected chi connectivity index (χ3v) is 5.15. The summed E-state index contributed by atoms with van der Waals surface area (Å²) in [6, 6.07) is 2.70. The minimum atomic E-state index is -3.74. The number of halogens is 1. The first-order valence-electron chi connectivity index (χ1n) is 5.79. The number of carbonyl (C=O) groups is 1. The molecule has 1 aromatic rings. The Morgan fingerprint density at radius 3 is 2.55 bits per heavy atom. The van der Waals surface area contributed by atoms with Crippen LogP contribution in [0.1, 0.15) is 12.0 Å². The number of esters is 1. The second-order valence-corrected chi connectivity index (χ2v) is 6.72. The Bertz CT molecular complexity index is 593. The molecule has 0 heterocycles. The van der Waals surface area contributed by atoms with Crippen molar-refractivity contribution >= 4 is 33.3 Å². The smallest absolute Gasteiger partial charge is 0.306 e. The highest BCUT2D eigenvalue weighted by Crippen LogP contribution is 2.27. The molecule has 0 spiro atoms. The van der Waals surface area contributed by atoms with Crippen molar-refractivity contribution in [2.75, 3.05) is 26.4 Å². The molecular weight excluding hydrogens is 304 g/mol. The summed E-state index contributed by atoms with van der Waals surface area (Å²) in [7, 11) is -1.12. The van der Waals surface area contributed by atoms with Crippen LogP contribution in [0.25, 0.3) is 0 Å². The van der Waals surface area contributed by atoms with Crippen molar-refractivity contribution in [1.29, 1.82) is 0 Å². The number of sulfonamides is 1. The summed E-state index contributed by atoms with van der Waals surface area (Å²) in [5, 5.41) is 0.282. The summed E-state index contributed by atoms with van der Waals surface area (Å²) in [5.41, 5.74) is 6.65. The van der Waals surface area contributed by atoms with E-state index in [-0.39, 0.29) is 22.9 Å². The Kier molecular flexibility index (Phi) is 5.38. The van der Waals surface area contributed by atoms with Gasteiger partial charge in [0.05, 0.1) is 18.4 Å². The lowest BCUT2D eigenvalue weighted by Gasteiger charge is -2.17. The standard InChI is InChI=1S/C12H17ClN2O4S/c1-8-10(13)6-9(7-11(8)14)20(17,18)15(2)5-4-12(16)19-3/h6-7H,4-5,14H2,1-3H3. The lowest BCUT2D eigenvalue weighted by atomic mass is 10.2. The Morgan fingerprint density at radius 1 is 1.45 bits per heavy atom. The van der Waals surface area contributed by atoms with E-state index in [9.17, 15) is 13.2 Å². The largest absolute Gasteiger partial charge is 0.469 e. The molecule has 0 unspecified atom stereocenters. The molecule has 1 rings (SSSR count). The fourth-order valence-electron chi connectivity index (χ4n) is 1.47. The lowest BCUT2D eigenvalue weighted by Crippen LogP contribution is -2.29. The normalized spacial score (nSPS) is 11.7. The van der Waals surface area contributed by atoms with Gasteiger partial charge in [0.1, 0.15) is 0 Å². The van der Waals surface area contributed by atoms with Gasteiger partial charge in [-0.25, -0.2) is 12.7 Å². The number of nitrogen functional groups attached to an aromatic ring is 1. The molecule has 2 N–H and O–H groups in total. The average Bonchev–Trinajstić information content (AvgIpc) is 2.40. The van der Waals surface area contributed by atoms with Gasteiger partial charge in [-0.1, -0.05) is 11.6 Å². The van der Waals surface area contributed by atoms with Crippen LogP contribution in [0.3, 0.4) is 0 Å². The summed E-state index contributed by atoms with van der Waals surface area (Å²) in [4.78, 5) is 11.0. The molecule has 0 saturated heterocycles. The van der Waals surface area contributed by atoms with Gasteiger partial charge in [0, 0.05) is 24.3 Å². The van der Waals surface area contributed by atoms with E-state index in [1.165, 1.54) is 26.3 Å². The average molecular weight is 321 g/mol. The first kappa shape index (κ1) is 16.7. The number of methoxy groups -OCH3 is 1. The van der Waals surface area contributed by atoms with E-state index >= 15 is 0 Å². The molecule has 0 amide bonds. The van der Waals surface area contributed by atoms with Gasteiger partial charge < -0.3 is 10.5 Å². The number of benzene rings is 1. The number of carbonyl (C=O) groups excluding carboxylic acids is 1. The SMILES string of the molecule is COC(=O)CCN(C)S(=O)(=O)c1cc(N)c(C)c(Cl)c1. The van der Waals surface area contributed by atoms with Crippen LogP contribution in [0.15, 0.2) is 17.0 Å². The number of ether oxygens (including phenoxy) is 1. The zero-order chi connectivity index (χ0) is 15.5. The molecule has 0 aliphatic carbocycles. The quantitative estimate of drug-likeness (QED) is 0.654. The van der Waals surface area contributed by atoms with Gasteiger partial charge in [0.25, 0.3) is 0 Å². The molecule has 6 nitrogen and oxygen atoms in total. The number of nitrogens with zero attached hydrogens (tertiary/aromatic N) is 1. The molecule has 0 aliphatic rings. The topological polar surface area (TPSA) is 89.7 Å². The van der Waals surface area contributed by atoms with Crippen LogP contribution >= 0.6 is 11.6 Å². The molecule has 0 radical (unpaired) electrons.